The van der Waals surface area contributed by atoms with Crippen LogP contribution < -0.4 is 0 Å². The first-order chi connectivity index (χ1) is 10.9. The number of ketones is 2. The standard InChI is InChI=1S/C19H24F2O2/c1-19-9-14(18(20)21)17-12-5-3-11(22)8-10(12)2-4-13(17)15(19)6-7-16(19)23/h13-15,17-18H,2-9H2,1H3/t13?,14-,15?,17?,19-/m0/s1. The zero-order valence-corrected chi connectivity index (χ0v) is 13.6. The van der Waals surface area contributed by atoms with Crippen LogP contribution in [0, 0.1) is 29.1 Å². The molecular weight excluding hydrogens is 298 g/mol. The molecule has 0 aromatic rings. The molecule has 0 heterocycles. The Morgan fingerprint density at radius 2 is 1.87 bits per heavy atom. The molecular formula is C19H24F2O2. The quantitative estimate of drug-likeness (QED) is 0.673. The molecule has 4 aliphatic carbocycles. The second-order valence-electron chi connectivity index (χ2n) is 8.26. The number of alkyl halides is 2. The van der Waals surface area contributed by atoms with E-state index in [1.807, 2.05) is 6.92 Å². The molecule has 0 radical (unpaired) electrons. The van der Waals surface area contributed by atoms with Crippen LogP contribution in [-0.4, -0.2) is 18.0 Å². The van der Waals surface area contributed by atoms with Gasteiger partial charge in [0.05, 0.1) is 0 Å². The van der Waals surface area contributed by atoms with Crippen molar-refractivity contribution in [3.05, 3.63) is 11.1 Å². The largest absolute Gasteiger partial charge is 0.299 e. The highest BCUT2D eigenvalue weighted by molar-refractivity contribution is 5.87. The van der Waals surface area contributed by atoms with Gasteiger partial charge in [0.25, 0.3) is 0 Å². The monoisotopic (exact) mass is 322 g/mol. The SMILES string of the molecule is C[C@]12C[C@H](C(F)F)C3C4=C(CCC3C1CCC2=O)CC(=O)CC4. The van der Waals surface area contributed by atoms with Crippen LogP contribution >= 0.6 is 0 Å². The average Bonchev–Trinajstić information content (AvgIpc) is 2.81. The number of rotatable bonds is 1. The molecule has 3 unspecified atom stereocenters. The molecule has 2 fully saturated rings. The number of Topliss-reactive ketones (excluding diaryl/α,β-unsaturated/α-hetero) is 2. The molecule has 23 heavy (non-hydrogen) atoms. The zero-order valence-electron chi connectivity index (χ0n) is 13.6. The van der Waals surface area contributed by atoms with Crippen molar-refractivity contribution in [2.75, 3.05) is 0 Å². The Bertz CT molecular complexity index is 594. The summed E-state index contributed by atoms with van der Waals surface area (Å²) in [7, 11) is 0. The normalized spacial score (nSPS) is 43.5. The van der Waals surface area contributed by atoms with Gasteiger partial charge < -0.3 is 0 Å². The highest BCUT2D eigenvalue weighted by Gasteiger charge is 2.59. The second kappa shape index (κ2) is 5.22. The number of carbonyl (C=O) groups is 2. The molecule has 0 N–H and O–H groups in total. The van der Waals surface area contributed by atoms with Gasteiger partial charge in [-0.2, -0.15) is 0 Å². The van der Waals surface area contributed by atoms with E-state index in [1.165, 1.54) is 5.57 Å². The van der Waals surface area contributed by atoms with Crippen molar-refractivity contribution in [1.29, 1.82) is 0 Å². The highest BCUT2D eigenvalue weighted by Crippen LogP contribution is 2.62. The molecule has 0 amide bonds. The maximum absolute atomic E-state index is 13.9. The second-order valence-corrected chi connectivity index (χ2v) is 8.26. The van der Waals surface area contributed by atoms with Gasteiger partial charge in [-0.15, -0.1) is 0 Å². The van der Waals surface area contributed by atoms with Gasteiger partial charge in [-0.05, 0) is 49.9 Å². The Balaban J connectivity index is 1.76. The van der Waals surface area contributed by atoms with Gasteiger partial charge in [0, 0.05) is 30.6 Å². The summed E-state index contributed by atoms with van der Waals surface area (Å²) in [6.45, 7) is 1.94. The van der Waals surface area contributed by atoms with E-state index in [9.17, 15) is 18.4 Å². The minimum Gasteiger partial charge on any atom is -0.299 e. The molecule has 0 spiro atoms. The number of hydrogen-bond acceptors (Lipinski definition) is 2. The molecule has 126 valence electrons. The zero-order chi connectivity index (χ0) is 16.4. The molecule has 0 aromatic carbocycles. The summed E-state index contributed by atoms with van der Waals surface area (Å²) < 4.78 is 27.8. The van der Waals surface area contributed by atoms with Crippen molar-refractivity contribution in [3.63, 3.8) is 0 Å². The Hall–Kier alpha value is -1.06. The Morgan fingerprint density at radius 1 is 1.09 bits per heavy atom. The van der Waals surface area contributed by atoms with Crippen LogP contribution in [0.2, 0.25) is 0 Å². The van der Waals surface area contributed by atoms with Crippen molar-refractivity contribution in [3.8, 4) is 0 Å². The van der Waals surface area contributed by atoms with Gasteiger partial charge >= 0.3 is 0 Å². The molecule has 0 aromatic heterocycles. The van der Waals surface area contributed by atoms with Gasteiger partial charge in [-0.1, -0.05) is 18.1 Å². The fraction of sp³-hybridized carbons (Fsp3) is 0.789. The minimum absolute atomic E-state index is 0.0872. The molecule has 4 heteroatoms. The van der Waals surface area contributed by atoms with Crippen LogP contribution in [0.15, 0.2) is 11.1 Å². The van der Waals surface area contributed by atoms with E-state index in [0.717, 1.165) is 24.8 Å². The lowest BCUT2D eigenvalue weighted by Gasteiger charge is -2.53. The third-order valence-corrected chi connectivity index (χ3v) is 7.28. The van der Waals surface area contributed by atoms with E-state index in [2.05, 4.69) is 0 Å². The van der Waals surface area contributed by atoms with Crippen LogP contribution in [0.4, 0.5) is 8.78 Å². The van der Waals surface area contributed by atoms with E-state index < -0.39 is 17.8 Å². The van der Waals surface area contributed by atoms with Gasteiger partial charge in [0.1, 0.15) is 11.6 Å². The van der Waals surface area contributed by atoms with Gasteiger partial charge in [0.15, 0.2) is 0 Å². The van der Waals surface area contributed by atoms with E-state index in [-0.39, 0.29) is 29.3 Å². The first-order valence-corrected chi connectivity index (χ1v) is 8.95. The number of hydrogen-bond donors (Lipinski definition) is 0. The van der Waals surface area contributed by atoms with Crippen molar-refractivity contribution >= 4 is 11.6 Å². The Kier molecular flexibility index (Phi) is 3.51. The number of fused-ring (bicyclic) bond motifs is 4. The van der Waals surface area contributed by atoms with Gasteiger partial charge in [-0.3, -0.25) is 9.59 Å². The predicted molar refractivity (Wildman–Crippen MR) is 82.0 cm³/mol. The summed E-state index contributed by atoms with van der Waals surface area (Å²) in [5.41, 5.74) is 1.79. The number of allylic oxidation sites excluding steroid dienone is 2. The molecule has 0 bridgehead atoms. The minimum atomic E-state index is -2.38. The van der Waals surface area contributed by atoms with Crippen molar-refractivity contribution in [2.45, 2.75) is 64.7 Å². The molecule has 4 rings (SSSR count). The molecule has 5 atom stereocenters. The van der Waals surface area contributed by atoms with Crippen molar-refractivity contribution in [1.82, 2.24) is 0 Å². The highest BCUT2D eigenvalue weighted by atomic mass is 19.3. The number of halogens is 2. The lowest BCUT2D eigenvalue weighted by atomic mass is 9.51. The topological polar surface area (TPSA) is 34.1 Å². The first kappa shape index (κ1) is 15.5. The number of carbonyl (C=O) groups excluding carboxylic acids is 2. The summed E-state index contributed by atoms with van der Waals surface area (Å²) in [5.74, 6) is 0.142. The summed E-state index contributed by atoms with van der Waals surface area (Å²) in [5, 5.41) is 0. The van der Waals surface area contributed by atoms with E-state index in [4.69, 9.17) is 0 Å². The molecule has 0 aliphatic heterocycles. The first-order valence-electron chi connectivity index (χ1n) is 8.95. The van der Waals surface area contributed by atoms with E-state index in [1.54, 1.807) is 0 Å². The molecule has 2 nitrogen and oxygen atoms in total. The fourth-order valence-corrected chi connectivity index (χ4v) is 6.26. The summed E-state index contributed by atoms with van der Waals surface area (Å²) in [4.78, 5) is 24.1. The van der Waals surface area contributed by atoms with Crippen LogP contribution in [0.25, 0.3) is 0 Å². The van der Waals surface area contributed by atoms with E-state index >= 15 is 0 Å². The summed E-state index contributed by atoms with van der Waals surface area (Å²) in [6.07, 6.45) is 2.81. The van der Waals surface area contributed by atoms with Crippen LogP contribution in [0.1, 0.15) is 58.3 Å². The van der Waals surface area contributed by atoms with Gasteiger partial charge in [0.2, 0.25) is 6.43 Å². The lowest BCUT2D eigenvalue weighted by molar-refractivity contribution is -0.136. The van der Waals surface area contributed by atoms with Crippen molar-refractivity contribution in [2.24, 2.45) is 29.1 Å². The smallest absolute Gasteiger partial charge is 0.242 e. The third kappa shape index (κ3) is 2.16. The van der Waals surface area contributed by atoms with E-state index in [0.29, 0.717) is 32.1 Å². The maximum Gasteiger partial charge on any atom is 0.242 e. The molecule has 0 saturated heterocycles. The van der Waals surface area contributed by atoms with Crippen LogP contribution in [0.5, 0.6) is 0 Å². The maximum atomic E-state index is 13.9. The Morgan fingerprint density at radius 3 is 2.61 bits per heavy atom. The summed E-state index contributed by atoms with van der Waals surface area (Å²) in [6, 6.07) is 0. The lowest BCUT2D eigenvalue weighted by Crippen LogP contribution is -2.50. The predicted octanol–water partition coefficient (Wildman–Crippen LogP) is 4.33. The van der Waals surface area contributed by atoms with Crippen LogP contribution in [-0.2, 0) is 9.59 Å². The van der Waals surface area contributed by atoms with Crippen molar-refractivity contribution < 1.29 is 18.4 Å². The third-order valence-electron chi connectivity index (χ3n) is 7.28. The molecule has 4 aliphatic rings. The van der Waals surface area contributed by atoms with Gasteiger partial charge in [-0.25, -0.2) is 8.78 Å². The fourth-order valence-electron chi connectivity index (χ4n) is 6.26. The van der Waals surface area contributed by atoms with Crippen LogP contribution in [0.3, 0.4) is 0 Å². The Labute approximate surface area is 135 Å². The molecule has 2 saturated carbocycles. The summed E-state index contributed by atoms with van der Waals surface area (Å²) >= 11 is 0. The average molecular weight is 322 g/mol.